The summed E-state index contributed by atoms with van der Waals surface area (Å²) in [7, 11) is 1.68. The topological polar surface area (TPSA) is 42.2 Å². The maximum atomic E-state index is 9.61. The van der Waals surface area contributed by atoms with Gasteiger partial charge in [-0.05, 0) is 55.0 Å². The highest BCUT2D eigenvalue weighted by Crippen LogP contribution is 2.47. The normalized spacial score (nSPS) is 19.8. The molecule has 1 aliphatic rings. The Morgan fingerprint density at radius 1 is 1.19 bits per heavy atom. The van der Waals surface area contributed by atoms with E-state index in [1.165, 1.54) is 11.1 Å². The Morgan fingerprint density at radius 3 is 2.67 bits per heavy atom. The van der Waals surface area contributed by atoms with Crippen molar-refractivity contribution in [1.82, 2.24) is 0 Å². The van der Waals surface area contributed by atoms with Crippen LogP contribution in [0.15, 0.2) is 60.7 Å². The monoisotopic (exact) mass is 361 g/mol. The van der Waals surface area contributed by atoms with Crippen molar-refractivity contribution in [3.63, 3.8) is 0 Å². The lowest BCUT2D eigenvalue weighted by molar-refractivity contribution is 0.0345. The van der Waals surface area contributed by atoms with E-state index in [9.17, 15) is 5.26 Å². The van der Waals surface area contributed by atoms with Crippen molar-refractivity contribution in [1.29, 1.82) is 5.26 Å². The zero-order valence-electron chi connectivity index (χ0n) is 16.2. The zero-order valence-corrected chi connectivity index (χ0v) is 16.2. The van der Waals surface area contributed by atoms with Gasteiger partial charge in [0.25, 0.3) is 0 Å². The van der Waals surface area contributed by atoms with Gasteiger partial charge >= 0.3 is 0 Å². The fourth-order valence-electron chi connectivity index (χ4n) is 4.11. The number of hydrogen-bond donors (Lipinski definition) is 0. The van der Waals surface area contributed by atoms with Crippen LogP contribution in [0.2, 0.25) is 0 Å². The standard InChI is InChI=1S/C24H27NO2/c1-18-9-10-21-11-12-22(26-3)15-23(21)24(18,13-14-25)16-19(2)27-17-20-7-5-4-6-8-20/h4-8,11-12,15,19H,1,9-10,13,16-17H2,2-3H3. The first-order valence-corrected chi connectivity index (χ1v) is 9.47. The predicted molar refractivity (Wildman–Crippen MR) is 108 cm³/mol. The zero-order chi connectivity index (χ0) is 19.3. The lowest BCUT2D eigenvalue weighted by Crippen LogP contribution is -2.36. The molecule has 0 spiro atoms. The predicted octanol–water partition coefficient (Wildman–Crippen LogP) is 5.34. The van der Waals surface area contributed by atoms with Gasteiger partial charge in [0.15, 0.2) is 0 Å². The van der Waals surface area contributed by atoms with Crippen molar-refractivity contribution in [2.24, 2.45) is 0 Å². The molecule has 0 N–H and O–H groups in total. The summed E-state index contributed by atoms with van der Waals surface area (Å²) in [6.07, 6.45) is 3.03. The number of fused-ring (bicyclic) bond motifs is 1. The van der Waals surface area contributed by atoms with E-state index in [0.717, 1.165) is 36.1 Å². The number of ether oxygens (including phenoxy) is 2. The summed E-state index contributed by atoms with van der Waals surface area (Å²) in [5.74, 6) is 0.823. The molecule has 0 saturated heterocycles. The largest absolute Gasteiger partial charge is 0.497 e. The molecule has 0 saturated carbocycles. The molecule has 0 aliphatic heterocycles. The van der Waals surface area contributed by atoms with Gasteiger partial charge in [-0.1, -0.05) is 48.6 Å². The van der Waals surface area contributed by atoms with Gasteiger partial charge < -0.3 is 9.47 Å². The van der Waals surface area contributed by atoms with Crippen LogP contribution in [0.4, 0.5) is 0 Å². The van der Waals surface area contributed by atoms with E-state index in [4.69, 9.17) is 9.47 Å². The Hall–Kier alpha value is -2.57. The van der Waals surface area contributed by atoms with E-state index in [0.29, 0.717) is 13.0 Å². The first kappa shape index (κ1) is 19.2. The number of nitriles is 1. The molecular weight excluding hydrogens is 334 g/mol. The van der Waals surface area contributed by atoms with Gasteiger partial charge in [-0.2, -0.15) is 5.26 Å². The van der Waals surface area contributed by atoms with E-state index < -0.39 is 0 Å². The summed E-state index contributed by atoms with van der Waals surface area (Å²) in [5.41, 5.74) is 4.36. The average molecular weight is 361 g/mol. The number of benzene rings is 2. The second-order valence-electron chi connectivity index (χ2n) is 7.35. The molecule has 3 heteroatoms. The molecule has 2 aromatic rings. The fourth-order valence-corrected chi connectivity index (χ4v) is 4.11. The van der Waals surface area contributed by atoms with Crippen LogP contribution in [0, 0.1) is 11.3 Å². The highest BCUT2D eigenvalue weighted by molar-refractivity contribution is 5.49. The molecule has 0 radical (unpaired) electrons. The lowest BCUT2D eigenvalue weighted by Gasteiger charge is -2.41. The summed E-state index contributed by atoms with van der Waals surface area (Å²) in [6.45, 7) is 7.02. The maximum Gasteiger partial charge on any atom is 0.119 e. The molecule has 27 heavy (non-hydrogen) atoms. The molecule has 3 nitrogen and oxygen atoms in total. The van der Waals surface area contributed by atoms with E-state index in [1.54, 1.807) is 7.11 Å². The second-order valence-corrected chi connectivity index (χ2v) is 7.35. The van der Waals surface area contributed by atoms with E-state index in [2.05, 4.69) is 43.8 Å². The van der Waals surface area contributed by atoms with Gasteiger partial charge in [0, 0.05) is 11.8 Å². The molecule has 0 aromatic heterocycles. The van der Waals surface area contributed by atoms with Gasteiger partial charge in [0.2, 0.25) is 0 Å². The SMILES string of the molecule is C=C1CCc2ccc(OC)cc2C1(CC#N)CC(C)OCc1ccccc1. The Labute approximate surface area is 162 Å². The summed E-state index contributed by atoms with van der Waals surface area (Å²) in [6, 6.07) is 18.8. The van der Waals surface area contributed by atoms with E-state index in [-0.39, 0.29) is 11.5 Å². The first-order chi connectivity index (χ1) is 13.1. The lowest BCUT2D eigenvalue weighted by atomic mass is 9.63. The Bertz CT molecular complexity index is 837. The molecule has 0 amide bonds. The molecule has 2 aromatic carbocycles. The van der Waals surface area contributed by atoms with Gasteiger partial charge in [-0.3, -0.25) is 0 Å². The van der Waals surface area contributed by atoms with Crippen molar-refractivity contribution in [3.05, 3.63) is 77.4 Å². The third-order valence-electron chi connectivity index (χ3n) is 5.60. The van der Waals surface area contributed by atoms with Crippen LogP contribution >= 0.6 is 0 Å². The Morgan fingerprint density at radius 2 is 1.96 bits per heavy atom. The minimum atomic E-state index is -0.382. The van der Waals surface area contributed by atoms with Crippen molar-refractivity contribution in [2.45, 2.75) is 50.7 Å². The minimum Gasteiger partial charge on any atom is -0.497 e. The van der Waals surface area contributed by atoms with Gasteiger partial charge in [-0.15, -0.1) is 0 Å². The highest BCUT2D eigenvalue weighted by atomic mass is 16.5. The summed E-state index contributed by atoms with van der Waals surface area (Å²) < 4.78 is 11.6. The van der Waals surface area contributed by atoms with Crippen LogP contribution in [0.5, 0.6) is 5.75 Å². The number of hydrogen-bond acceptors (Lipinski definition) is 3. The summed E-state index contributed by atoms with van der Waals surface area (Å²) >= 11 is 0. The van der Waals surface area contributed by atoms with Crippen molar-refractivity contribution in [2.75, 3.05) is 7.11 Å². The molecular formula is C24H27NO2. The number of methoxy groups -OCH3 is 1. The van der Waals surface area contributed by atoms with Crippen LogP contribution in [0.1, 0.15) is 42.9 Å². The van der Waals surface area contributed by atoms with Crippen LogP contribution in [-0.2, 0) is 23.2 Å². The average Bonchev–Trinajstić information content (AvgIpc) is 2.70. The quantitative estimate of drug-likeness (QED) is 0.625. The molecule has 140 valence electrons. The third-order valence-corrected chi connectivity index (χ3v) is 5.60. The molecule has 2 atom stereocenters. The molecule has 0 bridgehead atoms. The third kappa shape index (κ3) is 4.07. The minimum absolute atomic E-state index is 0.00690. The first-order valence-electron chi connectivity index (χ1n) is 9.47. The van der Waals surface area contributed by atoms with Gasteiger partial charge in [-0.25, -0.2) is 0 Å². The van der Waals surface area contributed by atoms with Gasteiger partial charge in [0.05, 0.1) is 25.9 Å². The number of aryl methyl sites for hydroxylation is 1. The smallest absolute Gasteiger partial charge is 0.119 e. The molecule has 0 fully saturated rings. The molecule has 3 rings (SSSR count). The maximum absolute atomic E-state index is 9.61. The Balaban J connectivity index is 1.87. The second kappa shape index (κ2) is 8.41. The summed E-state index contributed by atoms with van der Waals surface area (Å²) in [5, 5.41) is 9.61. The van der Waals surface area contributed by atoms with Crippen LogP contribution in [-0.4, -0.2) is 13.2 Å². The van der Waals surface area contributed by atoms with Crippen LogP contribution in [0.25, 0.3) is 0 Å². The molecule has 2 unspecified atom stereocenters. The summed E-state index contributed by atoms with van der Waals surface area (Å²) in [4.78, 5) is 0. The molecule has 0 heterocycles. The fraction of sp³-hybridized carbons (Fsp3) is 0.375. The van der Waals surface area contributed by atoms with Crippen molar-refractivity contribution >= 4 is 0 Å². The van der Waals surface area contributed by atoms with Crippen molar-refractivity contribution in [3.8, 4) is 11.8 Å². The number of nitrogens with zero attached hydrogens (tertiary/aromatic N) is 1. The van der Waals surface area contributed by atoms with Crippen molar-refractivity contribution < 1.29 is 9.47 Å². The number of allylic oxidation sites excluding steroid dienone is 1. The van der Waals surface area contributed by atoms with E-state index >= 15 is 0 Å². The number of rotatable bonds is 7. The van der Waals surface area contributed by atoms with Crippen LogP contribution < -0.4 is 4.74 Å². The highest BCUT2D eigenvalue weighted by Gasteiger charge is 2.41. The van der Waals surface area contributed by atoms with Gasteiger partial charge in [0.1, 0.15) is 5.75 Å². The van der Waals surface area contributed by atoms with Crippen LogP contribution in [0.3, 0.4) is 0 Å². The molecule has 1 aliphatic carbocycles. The Kier molecular flexibility index (Phi) is 5.98. The van der Waals surface area contributed by atoms with E-state index in [1.807, 2.05) is 24.3 Å².